The summed E-state index contributed by atoms with van der Waals surface area (Å²) in [6.45, 7) is 3.56. The van der Waals surface area contributed by atoms with E-state index in [9.17, 15) is 10.1 Å². The normalized spacial score (nSPS) is 14.9. The molecule has 7 heteroatoms. The van der Waals surface area contributed by atoms with E-state index in [1.165, 1.54) is 6.07 Å². The molecule has 1 aliphatic rings. The summed E-state index contributed by atoms with van der Waals surface area (Å²) in [6.07, 6.45) is 1.65. The molecule has 0 spiro atoms. The van der Waals surface area contributed by atoms with Crippen LogP contribution in [0.5, 0.6) is 0 Å². The number of nitro benzene ring substituents is 1. The van der Waals surface area contributed by atoms with Gasteiger partial charge < -0.3 is 10.2 Å². The molecule has 106 valence electrons. The Hall–Kier alpha value is -1.92. The first-order valence-corrected chi connectivity index (χ1v) is 6.25. The molecule has 1 aromatic carbocycles. The molecule has 1 aliphatic heterocycles. The lowest BCUT2D eigenvalue weighted by molar-refractivity contribution is -0.383. The molecule has 0 bridgehead atoms. The minimum Gasteiger partial charge on any atom is -0.354 e. The molecule has 1 N–H and O–H groups in total. The Morgan fingerprint density at radius 1 is 1.20 bits per heavy atom. The number of anilines is 1. The molecule has 2 heterocycles. The third-order valence-corrected chi connectivity index (χ3v) is 3.38. The standard InChI is InChI=1S/C13H14N4O2.ClH/c18-17(19)12-3-1-2-11-10(12)4-5-15-13(11)16-8-6-14-7-9-16;/h1-5,14H,6-9H2;1H. The number of non-ortho nitro benzene ring substituents is 1. The second-order valence-electron chi connectivity index (χ2n) is 4.50. The molecule has 1 saturated heterocycles. The number of aromatic nitrogens is 1. The Kier molecular flexibility index (Phi) is 4.36. The molecule has 0 amide bonds. The highest BCUT2D eigenvalue weighted by Crippen LogP contribution is 2.30. The van der Waals surface area contributed by atoms with Gasteiger partial charge in [-0.2, -0.15) is 0 Å². The van der Waals surface area contributed by atoms with Crippen molar-refractivity contribution in [3.63, 3.8) is 0 Å². The van der Waals surface area contributed by atoms with Crippen LogP contribution in [0.4, 0.5) is 11.5 Å². The number of fused-ring (bicyclic) bond motifs is 1. The van der Waals surface area contributed by atoms with E-state index in [2.05, 4.69) is 15.2 Å². The summed E-state index contributed by atoms with van der Waals surface area (Å²) in [4.78, 5) is 17.3. The van der Waals surface area contributed by atoms with Gasteiger partial charge in [0, 0.05) is 43.8 Å². The molecule has 2 aromatic rings. The van der Waals surface area contributed by atoms with Crippen molar-refractivity contribution in [2.75, 3.05) is 31.1 Å². The molecule has 1 aromatic heterocycles. The SMILES string of the molecule is Cl.O=[N+]([O-])c1cccc2c(N3CCNCC3)nccc12. The summed E-state index contributed by atoms with van der Waals surface area (Å²) in [7, 11) is 0. The van der Waals surface area contributed by atoms with Crippen LogP contribution in [0, 0.1) is 10.1 Å². The summed E-state index contributed by atoms with van der Waals surface area (Å²) in [5.74, 6) is 0.836. The molecule has 0 atom stereocenters. The van der Waals surface area contributed by atoms with Gasteiger partial charge in [0.25, 0.3) is 5.69 Å². The predicted octanol–water partition coefficient (Wildman–Crippen LogP) is 1.97. The Morgan fingerprint density at radius 3 is 2.65 bits per heavy atom. The first-order valence-electron chi connectivity index (χ1n) is 6.25. The van der Waals surface area contributed by atoms with Crippen LogP contribution >= 0.6 is 12.4 Å². The molecule has 0 unspecified atom stereocenters. The summed E-state index contributed by atoms with van der Waals surface area (Å²) in [5.41, 5.74) is 0.135. The Bertz CT molecular complexity index is 629. The zero-order chi connectivity index (χ0) is 13.2. The molecule has 0 aliphatic carbocycles. The average Bonchev–Trinajstić information content (AvgIpc) is 2.46. The van der Waals surface area contributed by atoms with Crippen LogP contribution in [0.25, 0.3) is 10.8 Å². The fraction of sp³-hybridized carbons (Fsp3) is 0.308. The van der Waals surface area contributed by atoms with Crippen molar-refractivity contribution in [1.29, 1.82) is 0 Å². The van der Waals surface area contributed by atoms with E-state index >= 15 is 0 Å². The van der Waals surface area contributed by atoms with Crippen molar-refractivity contribution in [3.05, 3.63) is 40.6 Å². The Labute approximate surface area is 122 Å². The Balaban J connectivity index is 0.00000147. The van der Waals surface area contributed by atoms with E-state index in [0.717, 1.165) is 37.4 Å². The number of hydrogen-bond acceptors (Lipinski definition) is 5. The predicted molar refractivity (Wildman–Crippen MR) is 80.7 cm³/mol. The summed E-state index contributed by atoms with van der Waals surface area (Å²) >= 11 is 0. The smallest absolute Gasteiger partial charge is 0.277 e. The number of pyridine rings is 1. The number of hydrogen-bond donors (Lipinski definition) is 1. The van der Waals surface area contributed by atoms with Gasteiger partial charge in [0.2, 0.25) is 0 Å². The lowest BCUT2D eigenvalue weighted by Gasteiger charge is -2.29. The van der Waals surface area contributed by atoms with E-state index in [-0.39, 0.29) is 23.0 Å². The lowest BCUT2D eigenvalue weighted by atomic mass is 10.1. The highest BCUT2D eigenvalue weighted by Gasteiger charge is 2.18. The van der Waals surface area contributed by atoms with Crippen LogP contribution in [0.2, 0.25) is 0 Å². The topological polar surface area (TPSA) is 71.3 Å². The second-order valence-corrected chi connectivity index (χ2v) is 4.50. The minimum atomic E-state index is -0.343. The van der Waals surface area contributed by atoms with Crippen molar-refractivity contribution >= 4 is 34.7 Å². The van der Waals surface area contributed by atoms with Gasteiger partial charge in [0.05, 0.1) is 10.3 Å². The minimum absolute atomic E-state index is 0. The number of nitrogens with zero attached hydrogens (tertiary/aromatic N) is 3. The highest BCUT2D eigenvalue weighted by atomic mass is 35.5. The van der Waals surface area contributed by atoms with E-state index in [1.807, 2.05) is 6.07 Å². The highest BCUT2D eigenvalue weighted by molar-refractivity contribution is 5.97. The van der Waals surface area contributed by atoms with Gasteiger partial charge in [-0.25, -0.2) is 4.98 Å². The number of piperazine rings is 1. The largest absolute Gasteiger partial charge is 0.354 e. The van der Waals surface area contributed by atoms with Gasteiger partial charge in [0.15, 0.2) is 0 Å². The van der Waals surface area contributed by atoms with Crippen LogP contribution < -0.4 is 10.2 Å². The molecule has 0 radical (unpaired) electrons. The van der Waals surface area contributed by atoms with Crippen molar-refractivity contribution < 1.29 is 4.92 Å². The summed E-state index contributed by atoms with van der Waals surface area (Å²) < 4.78 is 0. The van der Waals surface area contributed by atoms with Crippen LogP contribution in [-0.4, -0.2) is 36.1 Å². The van der Waals surface area contributed by atoms with Crippen molar-refractivity contribution in [1.82, 2.24) is 10.3 Å². The van der Waals surface area contributed by atoms with Gasteiger partial charge in [0.1, 0.15) is 5.82 Å². The van der Waals surface area contributed by atoms with Gasteiger partial charge in [-0.15, -0.1) is 12.4 Å². The van der Waals surface area contributed by atoms with Crippen LogP contribution in [0.3, 0.4) is 0 Å². The monoisotopic (exact) mass is 294 g/mol. The van der Waals surface area contributed by atoms with Gasteiger partial charge in [-0.1, -0.05) is 12.1 Å². The number of nitrogens with one attached hydrogen (secondary N) is 1. The lowest BCUT2D eigenvalue weighted by Crippen LogP contribution is -2.43. The molecule has 1 fully saturated rings. The zero-order valence-electron chi connectivity index (χ0n) is 10.8. The molecular formula is C13H15ClN4O2. The first-order chi connectivity index (χ1) is 9.27. The van der Waals surface area contributed by atoms with E-state index < -0.39 is 0 Å². The quantitative estimate of drug-likeness (QED) is 0.677. The van der Waals surface area contributed by atoms with E-state index in [1.54, 1.807) is 18.3 Å². The molecule has 0 saturated carbocycles. The van der Waals surface area contributed by atoms with Gasteiger partial charge in [-0.3, -0.25) is 10.1 Å². The van der Waals surface area contributed by atoms with Crippen LogP contribution in [0.15, 0.2) is 30.5 Å². The van der Waals surface area contributed by atoms with Crippen LogP contribution in [0.1, 0.15) is 0 Å². The number of benzene rings is 1. The van der Waals surface area contributed by atoms with Crippen molar-refractivity contribution in [2.45, 2.75) is 0 Å². The van der Waals surface area contributed by atoms with Gasteiger partial charge >= 0.3 is 0 Å². The molecule has 6 nitrogen and oxygen atoms in total. The number of nitro groups is 1. The Morgan fingerprint density at radius 2 is 1.95 bits per heavy atom. The number of rotatable bonds is 2. The fourth-order valence-corrected chi connectivity index (χ4v) is 2.46. The van der Waals surface area contributed by atoms with Crippen LogP contribution in [-0.2, 0) is 0 Å². The third kappa shape index (κ3) is 2.52. The van der Waals surface area contributed by atoms with Crippen molar-refractivity contribution in [3.8, 4) is 0 Å². The average molecular weight is 295 g/mol. The van der Waals surface area contributed by atoms with E-state index in [0.29, 0.717) is 5.39 Å². The first kappa shape index (κ1) is 14.5. The molecule has 20 heavy (non-hydrogen) atoms. The molecule has 3 rings (SSSR count). The zero-order valence-corrected chi connectivity index (χ0v) is 11.6. The molecular weight excluding hydrogens is 280 g/mol. The fourth-order valence-electron chi connectivity index (χ4n) is 2.46. The van der Waals surface area contributed by atoms with Gasteiger partial charge in [-0.05, 0) is 6.07 Å². The maximum atomic E-state index is 11.1. The van der Waals surface area contributed by atoms with E-state index in [4.69, 9.17) is 0 Å². The number of halogens is 1. The maximum absolute atomic E-state index is 11.1. The summed E-state index contributed by atoms with van der Waals surface area (Å²) in [6, 6.07) is 6.85. The third-order valence-electron chi connectivity index (χ3n) is 3.38. The van der Waals surface area contributed by atoms with Crippen molar-refractivity contribution in [2.24, 2.45) is 0 Å². The second kappa shape index (κ2) is 6.02. The summed E-state index contributed by atoms with van der Waals surface area (Å²) in [5, 5.41) is 15.8. The maximum Gasteiger partial charge on any atom is 0.277 e.